The summed E-state index contributed by atoms with van der Waals surface area (Å²) in [7, 11) is 0. The second-order valence-electron chi connectivity index (χ2n) is 6.95. The number of carbonyl (C=O) groups excluding carboxylic acids is 2. The molecule has 1 saturated carbocycles. The molecule has 0 aromatic heterocycles. The first kappa shape index (κ1) is 15.2. The number of hydrogen-bond donors (Lipinski definition) is 1. The van der Waals surface area contributed by atoms with Crippen LogP contribution < -0.4 is 5.32 Å². The van der Waals surface area contributed by atoms with Crippen LogP contribution in [0.2, 0.25) is 0 Å². The molecule has 2 aromatic rings. The lowest BCUT2D eigenvalue weighted by Crippen LogP contribution is -2.42. The molecule has 1 aliphatic heterocycles. The van der Waals surface area contributed by atoms with Gasteiger partial charge in [0.2, 0.25) is 11.8 Å². The van der Waals surface area contributed by atoms with E-state index in [-0.39, 0.29) is 23.8 Å². The second-order valence-corrected chi connectivity index (χ2v) is 6.95. The molecule has 1 atom stereocenters. The van der Waals surface area contributed by atoms with Gasteiger partial charge in [-0.1, -0.05) is 48.9 Å². The third-order valence-corrected chi connectivity index (χ3v) is 5.28. The first-order valence-electron chi connectivity index (χ1n) is 8.75. The van der Waals surface area contributed by atoms with Crippen molar-refractivity contribution in [2.75, 3.05) is 6.54 Å². The summed E-state index contributed by atoms with van der Waals surface area (Å²) in [5.41, 5.74) is 1.16. The number of likely N-dealkylation sites (tertiary alicyclic amines) is 1. The number of nitrogens with zero attached hydrogens (tertiary/aromatic N) is 1. The van der Waals surface area contributed by atoms with Gasteiger partial charge in [-0.05, 0) is 29.2 Å². The third kappa shape index (κ3) is 2.88. The third-order valence-electron chi connectivity index (χ3n) is 5.28. The highest BCUT2D eigenvalue weighted by Crippen LogP contribution is 2.27. The summed E-state index contributed by atoms with van der Waals surface area (Å²) in [4.78, 5) is 26.3. The van der Waals surface area contributed by atoms with Crippen LogP contribution in [0.1, 0.15) is 31.2 Å². The Morgan fingerprint density at radius 1 is 1.12 bits per heavy atom. The van der Waals surface area contributed by atoms with Crippen LogP contribution in [0.4, 0.5) is 0 Å². The number of fused-ring (bicyclic) bond motifs is 1. The number of rotatable bonds is 4. The lowest BCUT2D eigenvalue weighted by Gasteiger charge is -2.26. The number of carbonyl (C=O) groups is 2. The van der Waals surface area contributed by atoms with E-state index in [1.165, 1.54) is 10.8 Å². The Bertz CT molecular complexity index is 777. The minimum Gasteiger partial charge on any atom is -0.351 e. The van der Waals surface area contributed by atoms with E-state index in [0.29, 0.717) is 19.5 Å². The molecular weight excluding hydrogens is 300 g/mol. The van der Waals surface area contributed by atoms with E-state index in [1.54, 1.807) is 0 Å². The van der Waals surface area contributed by atoms with E-state index in [2.05, 4.69) is 29.6 Å². The van der Waals surface area contributed by atoms with E-state index in [1.807, 2.05) is 23.1 Å². The van der Waals surface area contributed by atoms with E-state index in [0.717, 1.165) is 24.8 Å². The Kier molecular flexibility index (Phi) is 3.97. The number of hydrogen-bond acceptors (Lipinski definition) is 2. The van der Waals surface area contributed by atoms with E-state index < -0.39 is 0 Å². The summed E-state index contributed by atoms with van der Waals surface area (Å²) >= 11 is 0. The fourth-order valence-corrected chi connectivity index (χ4v) is 3.65. The molecule has 0 spiro atoms. The molecule has 0 bridgehead atoms. The van der Waals surface area contributed by atoms with Crippen LogP contribution in [0.15, 0.2) is 42.5 Å². The van der Waals surface area contributed by atoms with Crippen molar-refractivity contribution >= 4 is 22.6 Å². The molecule has 1 aliphatic carbocycles. The van der Waals surface area contributed by atoms with E-state index in [4.69, 9.17) is 0 Å². The lowest BCUT2D eigenvalue weighted by atomic mass is 9.84. The Labute approximate surface area is 141 Å². The zero-order chi connectivity index (χ0) is 16.5. The van der Waals surface area contributed by atoms with Crippen molar-refractivity contribution in [3.63, 3.8) is 0 Å². The highest BCUT2D eigenvalue weighted by molar-refractivity contribution is 5.87. The fraction of sp³-hybridized carbons (Fsp3) is 0.400. The van der Waals surface area contributed by atoms with Crippen LogP contribution in [0.25, 0.3) is 10.8 Å². The van der Waals surface area contributed by atoms with Crippen LogP contribution >= 0.6 is 0 Å². The SMILES string of the molecule is O=C(N[C@@H]1CC(=O)N(Cc2cccc3ccccc23)C1)C1CCC1. The molecule has 24 heavy (non-hydrogen) atoms. The molecule has 1 heterocycles. The van der Waals surface area contributed by atoms with Crippen LogP contribution in [0, 0.1) is 5.92 Å². The molecule has 4 rings (SSSR count). The highest BCUT2D eigenvalue weighted by Gasteiger charge is 2.33. The number of amides is 2. The van der Waals surface area contributed by atoms with Crippen molar-refractivity contribution in [3.05, 3.63) is 48.0 Å². The monoisotopic (exact) mass is 322 g/mol. The van der Waals surface area contributed by atoms with Gasteiger partial charge in [0.25, 0.3) is 0 Å². The quantitative estimate of drug-likeness (QED) is 0.941. The predicted molar refractivity (Wildman–Crippen MR) is 93.3 cm³/mol. The zero-order valence-corrected chi connectivity index (χ0v) is 13.7. The van der Waals surface area contributed by atoms with Gasteiger partial charge in [0, 0.05) is 25.4 Å². The molecule has 124 valence electrons. The van der Waals surface area contributed by atoms with Gasteiger partial charge in [0.05, 0.1) is 6.04 Å². The Balaban J connectivity index is 1.44. The standard InChI is InChI=1S/C20H22N2O2/c23-19-11-17(21-20(24)15-7-4-8-15)13-22(19)12-16-9-3-6-14-5-1-2-10-18(14)16/h1-3,5-6,9-10,15,17H,4,7-8,11-13H2,(H,21,24)/t17-/m1/s1. The van der Waals surface area contributed by atoms with E-state index in [9.17, 15) is 9.59 Å². The first-order valence-corrected chi connectivity index (χ1v) is 8.75. The topological polar surface area (TPSA) is 49.4 Å². The van der Waals surface area contributed by atoms with Crippen LogP contribution in [0.5, 0.6) is 0 Å². The van der Waals surface area contributed by atoms with Crippen LogP contribution in [0.3, 0.4) is 0 Å². The zero-order valence-electron chi connectivity index (χ0n) is 13.7. The molecule has 2 amide bonds. The smallest absolute Gasteiger partial charge is 0.225 e. The summed E-state index contributed by atoms with van der Waals surface area (Å²) < 4.78 is 0. The molecule has 0 unspecified atom stereocenters. The normalized spacial score (nSPS) is 21.1. The largest absolute Gasteiger partial charge is 0.351 e. The molecule has 2 fully saturated rings. The minimum absolute atomic E-state index is 0.0411. The van der Waals surface area contributed by atoms with Crippen LogP contribution in [-0.2, 0) is 16.1 Å². The highest BCUT2D eigenvalue weighted by atomic mass is 16.2. The van der Waals surface area contributed by atoms with E-state index >= 15 is 0 Å². The molecule has 1 saturated heterocycles. The molecule has 4 nitrogen and oxygen atoms in total. The number of benzene rings is 2. The van der Waals surface area contributed by atoms with Gasteiger partial charge in [-0.25, -0.2) is 0 Å². The average molecular weight is 322 g/mol. The maximum Gasteiger partial charge on any atom is 0.225 e. The van der Waals surface area contributed by atoms with Crippen molar-refractivity contribution in [3.8, 4) is 0 Å². The summed E-state index contributed by atoms with van der Waals surface area (Å²) in [6.07, 6.45) is 3.55. The van der Waals surface area contributed by atoms with Crippen molar-refractivity contribution in [2.45, 2.75) is 38.3 Å². The summed E-state index contributed by atoms with van der Waals surface area (Å²) in [5.74, 6) is 0.431. The first-order chi connectivity index (χ1) is 11.7. The van der Waals surface area contributed by atoms with Gasteiger partial charge in [-0.2, -0.15) is 0 Å². The molecule has 1 N–H and O–H groups in total. The second kappa shape index (κ2) is 6.27. The van der Waals surface area contributed by atoms with Crippen LogP contribution in [-0.4, -0.2) is 29.3 Å². The predicted octanol–water partition coefficient (Wildman–Crippen LogP) is 2.86. The Morgan fingerprint density at radius 2 is 1.92 bits per heavy atom. The lowest BCUT2D eigenvalue weighted by molar-refractivity contribution is -0.128. The molecular formula is C20H22N2O2. The van der Waals surface area contributed by atoms with Crippen molar-refractivity contribution < 1.29 is 9.59 Å². The maximum atomic E-state index is 12.3. The molecule has 4 heteroatoms. The summed E-state index contributed by atoms with van der Waals surface area (Å²) in [5, 5.41) is 5.44. The van der Waals surface area contributed by atoms with Gasteiger partial charge < -0.3 is 10.2 Å². The van der Waals surface area contributed by atoms with Gasteiger partial charge >= 0.3 is 0 Å². The van der Waals surface area contributed by atoms with Gasteiger partial charge in [-0.3, -0.25) is 9.59 Å². The molecule has 0 radical (unpaired) electrons. The van der Waals surface area contributed by atoms with Gasteiger partial charge in [-0.15, -0.1) is 0 Å². The van der Waals surface area contributed by atoms with Crippen molar-refractivity contribution in [1.82, 2.24) is 10.2 Å². The van der Waals surface area contributed by atoms with Crippen molar-refractivity contribution in [1.29, 1.82) is 0 Å². The van der Waals surface area contributed by atoms with Crippen molar-refractivity contribution in [2.24, 2.45) is 5.92 Å². The molecule has 2 aliphatic rings. The minimum atomic E-state index is -0.0411. The summed E-state index contributed by atoms with van der Waals surface area (Å²) in [6, 6.07) is 14.4. The Morgan fingerprint density at radius 3 is 2.71 bits per heavy atom. The van der Waals surface area contributed by atoms with Gasteiger partial charge in [0.15, 0.2) is 0 Å². The van der Waals surface area contributed by atoms with Gasteiger partial charge in [0.1, 0.15) is 0 Å². The number of nitrogens with one attached hydrogen (secondary N) is 1. The fourth-order valence-electron chi connectivity index (χ4n) is 3.65. The molecule has 2 aromatic carbocycles. The summed E-state index contributed by atoms with van der Waals surface area (Å²) in [6.45, 7) is 1.22. The average Bonchev–Trinajstić information content (AvgIpc) is 2.85. The maximum absolute atomic E-state index is 12.3. The Hall–Kier alpha value is -2.36.